The minimum Gasteiger partial charge on any atom is -0.258 e. The largest absolute Gasteiger partial charge is 0.299 e. The van der Waals surface area contributed by atoms with E-state index >= 15 is 0 Å². The van der Waals surface area contributed by atoms with Crippen LogP contribution in [0.25, 0.3) is 0 Å². The first-order chi connectivity index (χ1) is 6.56. The molecule has 0 N–H and O–H groups in total. The highest BCUT2D eigenvalue weighted by Crippen LogP contribution is 2.30. The Balaban J connectivity index is 3.51. The van der Waals surface area contributed by atoms with E-state index in [1.54, 1.807) is 0 Å². The summed E-state index contributed by atoms with van der Waals surface area (Å²) in [6, 6.07) is 2.20. The highest BCUT2D eigenvalue weighted by Gasteiger charge is 2.18. The van der Waals surface area contributed by atoms with Crippen LogP contribution in [0.4, 0.5) is 15.8 Å². The van der Waals surface area contributed by atoms with E-state index in [2.05, 4.69) is 4.99 Å². The average molecular weight is 196 g/mol. The fraction of sp³-hybridized carbons (Fsp3) is 0.125. The van der Waals surface area contributed by atoms with Crippen LogP contribution in [0.3, 0.4) is 0 Å². The maximum atomic E-state index is 13.1. The predicted molar refractivity (Wildman–Crippen MR) is 45.6 cm³/mol. The van der Waals surface area contributed by atoms with Gasteiger partial charge in [0.05, 0.1) is 4.92 Å². The average Bonchev–Trinajstić information content (AvgIpc) is 2.09. The topological polar surface area (TPSA) is 72.6 Å². The molecule has 0 saturated carbocycles. The van der Waals surface area contributed by atoms with Gasteiger partial charge in [-0.15, -0.1) is 0 Å². The van der Waals surface area contributed by atoms with E-state index in [1.165, 1.54) is 6.92 Å². The van der Waals surface area contributed by atoms with Crippen LogP contribution in [0.15, 0.2) is 17.1 Å². The van der Waals surface area contributed by atoms with Crippen molar-refractivity contribution in [1.29, 1.82) is 0 Å². The summed E-state index contributed by atoms with van der Waals surface area (Å²) in [5, 5.41) is 10.5. The standard InChI is InChI=1S/C8H5FN2O3/c1-5-2-6(9)8(10-4-12)7(3-5)11(13)14/h2-3H,1H3. The molecule has 0 aromatic heterocycles. The van der Waals surface area contributed by atoms with E-state index in [1.807, 2.05) is 0 Å². The van der Waals surface area contributed by atoms with Gasteiger partial charge in [0.2, 0.25) is 6.08 Å². The first kappa shape index (κ1) is 10.0. The van der Waals surface area contributed by atoms with E-state index in [-0.39, 0.29) is 0 Å². The molecular formula is C8H5FN2O3. The number of aliphatic imine (C=N–C) groups is 1. The number of hydrogen-bond donors (Lipinski definition) is 0. The summed E-state index contributed by atoms with van der Waals surface area (Å²) in [7, 11) is 0. The Labute approximate surface area is 78.0 Å². The Morgan fingerprint density at radius 2 is 2.21 bits per heavy atom. The fourth-order valence-electron chi connectivity index (χ4n) is 1.01. The minimum absolute atomic E-state index is 0.388. The minimum atomic E-state index is -0.903. The molecule has 0 unspecified atom stereocenters. The number of halogens is 1. The van der Waals surface area contributed by atoms with Gasteiger partial charge in [-0.1, -0.05) is 0 Å². The molecule has 0 aliphatic rings. The SMILES string of the molecule is Cc1cc(F)c(N=C=O)c([N+](=O)[O-])c1. The molecule has 1 rings (SSSR count). The Kier molecular flexibility index (Phi) is 2.69. The van der Waals surface area contributed by atoms with Crippen molar-refractivity contribution in [3.8, 4) is 0 Å². The molecule has 0 radical (unpaired) electrons. The lowest BCUT2D eigenvalue weighted by atomic mass is 10.2. The number of isocyanates is 1. The fourth-order valence-corrected chi connectivity index (χ4v) is 1.01. The molecule has 0 aliphatic carbocycles. The third-order valence-electron chi connectivity index (χ3n) is 1.54. The number of rotatable bonds is 2. The summed E-state index contributed by atoms with van der Waals surface area (Å²) < 4.78 is 13.1. The van der Waals surface area contributed by atoms with Crippen molar-refractivity contribution in [2.24, 2.45) is 4.99 Å². The number of nitro benzene ring substituents is 1. The lowest BCUT2D eigenvalue weighted by Crippen LogP contribution is -1.92. The number of aryl methyl sites for hydroxylation is 1. The summed E-state index contributed by atoms with van der Waals surface area (Å²) in [5.74, 6) is -0.903. The summed E-state index contributed by atoms with van der Waals surface area (Å²) in [5.41, 5.74) is -0.736. The molecule has 5 nitrogen and oxygen atoms in total. The second-order valence-electron chi connectivity index (χ2n) is 2.57. The van der Waals surface area contributed by atoms with Crippen LogP contribution in [0.2, 0.25) is 0 Å². The summed E-state index contributed by atoms with van der Waals surface area (Å²) >= 11 is 0. The Hall–Kier alpha value is -2.07. The molecule has 1 aromatic carbocycles. The van der Waals surface area contributed by atoms with E-state index < -0.39 is 22.1 Å². The van der Waals surface area contributed by atoms with Crippen molar-refractivity contribution in [1.82, 2.24) is 0 Å². The van der Waals surface area contributed by atoms with Crippen LogP contribution in [0, 0.1) is 22.9 Å². The molecule has 0 bridgehead atoms. The quantitative estimate of drug-likeness (QED) is 0.314. The van der Waals surface area contributed by atoms with Gasteiger partial charge in [-0.3, -0.25) is 10.1 Å². The van der Waals surface area contributed by atoms with Gasteiger partial charge in [-0.2, -0.15) is 4.99 Å². The number of carbonyl (C=O) groups excluding carboxylic acids is 1. The van der Waals surface area contributed by atoms with E-state index in [4.69, 9.17) is 0 Å². The van der Waals surface area contributed by atoms with Crippen LogP contribution < -0.4 is 0 Å². The number of hydrogen-bond acceptors (Lipinski definition) is 4. The van der Waals surface area contributed by atoms with Gasteiger partial charge in [0, 0.05) is 6.07 Å². The highest BCUT2D eigenvalue weighted by atomic mass is 19.1. The second-order valence-corrected chi connectivity index (χ2v) is 2.57. The molecular weight excluding hydrogens is 191 g/mol. The zero-order valence-electron chi connectivity index (χ0n) is 7.15. The highest BCUT2D eigenvalue weighted by molar-refractivity contribution is 5.63. The lowest BCUT2D eigenvalue weighted by molar-refractivity contribution is -0.384. The summed E-state index contributed by atoms with van der Waals surface area (Å²) in [4.78, 5) is 22.5. The van der Waals surface area contributed by atoms with E-state index in [0.717, 1.165) is 18.2 Å². The van der Waals surface area contributed by atoms with Crippen LogP contribution in [0.1, 0.15) is 5.56 Å². The Morgan fingerprint density at radius 3 is 2.71 bits per heavy atom. The van der Waals surface area contributed by atoms with Crippen molar-refractivity contribution in [3.63, 3.8) is 0 Å². The van der Waals surface area contributed by atoms with Crippen LogP contribution in [-0.4, -0.2) is 11.0 Å². The molecule has 0 atom stereocenters. The van der Waals surface area contributed by atoms with Gasteiger partial charge < -0.3 is 0 Å². The van der Waals surface area contributed by atoms with Crippen LogP contribution in [0.5, 0.6) is 0 Å². The van der Waals surface area contributed by atoms with Crippen LogP contribution >= 0.6 is 0 Å². The molecule has 0 amide bonds. The molecule has 72 valence electrons. The van der Waals surface area contributed by atoms with Gasteiger partial charge in [0.15, 0.2) is 11.5 Å². The molecule has 6 heteroatoms. The van der Waals surface area contributed by atoms with Crippen molar-refractivity contribution < 1.29 is 14.1 Å². The molecule has 0 saturated heterocycles. The van der Waals surface area contributed by atoms with Gasteiger partial charge >= 0.3 is 0 Å². The van der Waals surface area contributed by atoms with Crippen molar-refractivity contribution in [3.05, 3.63) is 33.6 Å². The Morgan fingerprint density at radius 1 is 1.57 bits per heavy atom. The maximum absolute atomic E-state index is 13.1. The molecule has 0 heterocycles. The first-order valence-corrected chi connectivity index (χ1v) is 3.58. The van der Waals surface area contributed by atoms with Gasteiger partial charge in [0.25, 0.3) is 5.69 Å². The monoisotopic (exact) mass is 196 g/mol. The van der Waals surface area contributed by atoms with E-state index in [0.29, 0.717) is 5.56 Å². The maximum Gasteiger partial charge on any atom is 0.299 e. The first-order valence-electron chi connectivity index (χ1n) is 3.58. The third-order valence-corrected chi connectivity index (χ3v) is 1.54. The smallest absolute Gasteiger partial charge is 0.258 e. The molecule has 0 aliphatic heterocycles. The van der Waals surface area contributed by atoms with Crippen molar-refractivity contribution >= 4 is 17.5 Å². The number of benzene rings is 1. The van der Waals surface area contributed by atoms with Gasteiger partial charge in [0.1, 0.15) is 0 Å². The summed E-state index contributed by atoms with van der Waals surface area (Å²) in [6.07, 6.45) is 1.07. The lowest BCUT2D eigenvalue weighted by Gasteiger charge is -1.98. The molecule has 0 spiro atoms. The van der Waals surface area contributed by atoms with Crippen molar-refractivity contribution in [2.75, 3.05) is 0 Å². The van der Waals surface area contributed by atoms with Crippen molar-refractivity contribution in [2.45, 2.75) is 6.92 Å². The summed E-state index contributed by atoms with van der Waals surface area (Å²) in [6.45, 7) is 1.50. The molecule has 1 aromatic rings. The number of nitro groups is 1. The predicted octanol–water partition coefficient (Wildman–Crippen LogP) is 2.01. The second kappa shape index (κ2) is 3.76. The van der Waals surface area contributed by atoms with Crippen LogP contribution in [-0.2, 0) is 4.79 Å². The normalized spacial score (nSPS) is 9.29. The third kappa shape index (κ3) is 1.81. The van der Waals surface area contributed by atoms with Gasteiger partial charge in [-0.25, -0.2) is 9.18 Å². The zero-order valence-corrected chi connectivity index (χ0v) is 7.15. The number of nitrogens with zero attached hydrogens (tertiary/aromatic N) is 2. The van der Waals surface area contributed by atoms with E-state index in [9.17, 15) is 19.3 Å². The molecule has 0 fully saturated rings. The van der Waals surface area contributed by atoms with Gasteiger partial charge in [-0.05, 0) is 18.6 Å². The Bertz CT molecular complexity index is 438. The zero-order chi connectivity index (χ0) is 10.7. The molecule has 14 heavy (non-hydrogen) atoms.